The Hall–Kier alpha value is -1.36. The van der Waals surface area contributed by atoms with E-state index in [2.05, 4.69) is 4.98 Å². The zero-order chi connectivity index (χ0) is 11.5. The first kappa shape index (κ1) is 11.1. The Balaban J connectivity index is 2.34. The summed E-state index contributed by atoms with van der Waals surface area (Å²) in [4.78, 5) is 24.8. The average molecular weight is 224 g/mol. The summed E-state index contributed by atoms with van der Waals surface area (Å²) in [5.74, 6) is 0. The molecule has 2 atom stereocenters. The van der Waals surface area contributed by atoms with Crippen LogP contribution in [0.3, 0.4) is 0 Å². The van der Waals surface area contributed by atoms with Crippen molar-refractivity contribution in [2.75, 3.05) is 0 Å². The second-order valence-corrected chi connectivity index (χ2v) is 4.29. The van der Waals surface area contributed by atoms with Crippen LogP contribution in [0.1, 0.15) is 38.1 Å². The lowest BCUT2D eigenvalue weighted by molar-refractivity contribution is 0.103. The van der Waals surface area contributed by atoms with E-state index in [-0.39, 0.29) is 6.04 Å². The first-order valence-electron chi connectivity index (χ1n) is 5.68. The van der Waals surface area contributed by atoms with E-state index in [1.54, 1.807) is 0 Å². The van der Waals surface area contributed by atoms with Crippen LogP contribution in [0, 0.1) is 0 Å². The minimum absolute atomic E-state index is 0.202. The van der Waals surface area contributed by atoms with Gasteiger partial charge in [-0.2, -0.15) is 0 Å². The van der Waals surface area contributed by atoms with Gasteiger partial charge in [0, 0.05) is 12.3 Å². The normalized spacial score (nSPS) is 26.3. The molecule has 5 heteroatoms. The lowest BCUT2D eigenvalue weighted by Crippen LogP contribution is -2.35. The standard InChI is InChI=1S/C11H16N2O3/c14-9-5-3-1-2-4-8(9)13-7-6-10(15)12-11(13)16/h6-9,14H,1-5H2,(H,12,15,16)/t8-,9-/m1/s1. The number of H-pyrrole nitrogens is 1. The second kappa shape index (κ2) is 4.65. The molecule has 1 fully saturated rings. The van der Waals surface area contributed by atoms with Crippen LogP contribution in [-0.2, 0) is 0 Å². The SMILES string of the molecule is O=c1ccn([C@@H]2CCCCC[C@H]2O)c(=O)[nH]1. The van der Waals surface area contributed by atoms with E-state index in [0.29, 0.717) is 0 Å². The van der Waals surface area contributed by atoms with Crippen LogP contribution in [0.25, 0.3) is 0 Å². The summed E-state index contributed by atoms with van der Waals surface area (Å²) in [7, 11) is 0. The van der Waals surface area contributed by atoms with E-state index in [1.165, 1.54) is 16.8 Å². The Bertz CT molecular complexity index is 463. The van der Waals surface area contributed by atoms with Gasteiger partial charge in [0.15, 0.2) is 0 Å². The van der Waals surface area contributed by atoms with Crippen LogP contribution < -0.4 is 11.2 Å². The molecule has 0 amide bonds. The molecule has 0 saturated heterocycles. The van der Waals surface area contributed by atoms with Gasteiger partial charge in [0.05, 0.1) is 12.1 Å². The zero-order valence-corrected chi connectivity index (χ0v) is 9.06. The molecule has 1 aromatic rings. The molecule has 1 saturated carbocycles. The molecular weight excluding hydrogens is 208 g/mol. The van der Waals surface area contributed by atoms with Crippen molar-refractivity contribution in [3.8, 4) is 0 Å². The molecule has 0 spiro atoms. The molecular formula is C11H16N2O3. The molecule has 5 nitrogen and oxygen atoms in total. The number of aromatic nitrogens is 2. The molecule has 2 rings (SSSR count). The molecule has 2 N–H and O–H groups in total. The third kappa shape index (κ3) is 2.24. The first-order valence-corrected chi connectivity index (χ1v) is 5.68. The molecule has 0 radical (unpaired) electrons. The minimum atomic E-state index is -0.494. The van der Waals surface area contributed by atoms with Crippen molar-refractivity contribution in [2.45, 2.75) is 44.2 Å². The van der Waals surface area contributed by atoms with Crippen LogP contribution in [0.15, 0.2) is 21.9 Å². The monoisotopic (exact) mass is 224 g/mol. The van der Waals surface area contributed by atoms with Crippen molar-refractivity contribution in [1.29, 1.82) is 0 Å². The molecule has 1 aliphatic rings. The predicted octanol–water partition coefficient (Wildman–Crippen LogP) is 0.403. The minimum Gasteiger partial charge on any atom is -0.391 e. The predicted molar refractivity (Wildman–Crippen MR) is 59.5 cm³/mol. The number of nitrogens with one attached hydrogen (secondary N) is 1. The molecule has 0 aromatic carbocycles. The van der Waals surface area contributed by atoms with E-state index in [1.807, 2.05) is 0 Å². The highest BCUT2D eigenvalue weighted by Crippen LogP contribution is 2.25. The maximum atomic E-state index is 11.6. The molecule has 0 bridgehead atoms. The molecule has 0 unspecified atom stereocenters. The summed E-state index contributed by atoms with van der Waals surface area (Å²) in [6.07, 6.45) is 5.57. The van der Waals surface area contributed by atoms with Crippen molar-refractivity contribution in [2.24, 2.45) is 0 Å². The number of hydrogen-bond donors (Lipinski definition) is 2. The zero-order valence-electron chi connectivity index (χ0n) is 9.06. The van der Waals surface area contributed by atoms with Crippen molar-refractivity contribution >= 4 is 0 Å². The Morgan fingerprint density at radius 2 is 2.00 bits per heavy atom. The third-order valence-corrected chi connectivity index (χ3v) is 3.15. The number of nitrogens with zero attached hydrogens (tertiary/aromatic N) is 1. The molecule has 16 heavy (non-hydrogen) atoms. The van der Waals surface area contributed by atoms with Gasteiger partial charge in [0.2, 0.25) is 0 Å². The number of aromatic amines is 1. The van der Waals surface area contributed by atoms with Gasteiger partial charge >= 0.3 is 5.69 Å². The Morgan fingerprint density at radius 3 is 2.75 bits per heavy atom. The van der Waals surface area contributed by atoms with Gasteiger partial charge in [-0.05, 0) is 12.8 Å². The highest BCUT2D eigenvalue weighted by atomic mass is 16.3. The van der Waals surface area contributed by atoms with Crippen LogP contribution in [-0.4, -0.2) is 20.8 Å². The highest BCUT2D eigenvalue weighted by molar-refractivity contribution is 4.89. The number of hydrogen-bond acceptors (Lipinski definition) is 3. The molecule has 1 aromatic heterocycles. The number of aliphatic hydroxyl groups excluding tert-OH is 1. The molecule has 0 aliphatic heterocycles. The molecule has 88 valence electrons. The number of aliphatic hydroxyl groups is 1. The summed E-state index contributed by atoms with van der Waals surface area (Å²) in [6.45, 7) is 0. The molecule has 1 aliphatic carbocycles. The van der Waals surface area contributed by atoms with Crippen molar-refractivity contribution in [3.05, 3.63) is 33.1 Å². The van der Waals surface area contributed by atoms with Gasteiger partial charge in [-0.15, -0.1) is 0 Å². The maximum Gasteiger partial charge on any atom is 0.328 e. The van der Waals surface area contributed by atoms with Crippen molar-refractivity contribution < 1.29 is 5.11 Å². The summed E-state index contributed by atoms with van der Waals surface area (Å²) in [6, 6.07) is 1.12. The average Bonchev–Trinajstić information content (AvgIpc) is 2.44. The van der Waals surface area contributed by atoms with E-state index < -0.39 is 17.4 Å². The summed E-state index contributed by atoms with van der Waals surface area (Å²) < 4.78 is 1.44. The summed E-state index contributed by atoms with van der Waals surface area (Å²) >= 11 is 0. The number of rotatable bonds is 1. The van der Waals surface area contributed by atoms with Crippen LogP contribution >= 0.6 is 0 Å². The summed E-state index contributed by atoms with van der Waals surface area (Å²) in [5, 5.41) is 9.94. The highest BCUT2D eigenvalue weighted by Gasteiger charge is 2.23. The van der Waals surface area contributed by atoms with Gasteiger partial charge in [-0.25, -0.2) is 4.79 Å². The Kier molecular flexibility index (Phi) is 3.24. The van der Waals surface area contributed by atoms with Gasteiger partial charge in [0.1, 0.15) is 0 Å². The molecule has 1 heterocycles. The third-order valence-electron chi connectivity index (χ3n) is 3.15. The van der Waals surface area contributed by atoms with Crippen LogP contribution in [0.4, 0.5) is 0 Å². The van der Waals surface area contributed by atoms with Crippen LogP contribution in [0.2, 0.25) is 0 Å². The fourth-order valence-corrected chi connectivity index (χ4v) is 2.28. The van der Waals surface area contributed by atoms with Crippen molar-refractivity contribution in [1.82, 2.24) is 9.55 Å². The van der Waals surface area contributed by atoms with Gasteiger partial charge in [-0.3, -0.25) is 14.3 Å². The summed E-state index contributed by atoms with van der Waals surface area (Å²) in [5.41, 5.74) is -0.831. The van der Waals surface area contributed by atoms with E-state index >= 15 is 0 Å². The van der Waals surface area contributed by atoms with E-state index in [4.69, 9.17) is 0 Å². The first-order chi connectivity index (χ1) is 7.68. The van der Waals surface area contributed by atoms with E-state index in [9.17, 15) is 14.7 Å². The van der Waals surface area contributed by atoms with Crippen molar-refractivity contribution in [3.63, 3.8) is 0 Å². The van der Waals surface area contributed by atoms with Crippen LogP contribution in [0.5, 0.6) is 0 Å². The second-order valence-electron chi connectivity index (χ2n) is 4.29. The fraction of sp³-hybridized carbons (Fsp3) is 0.636. The fourth-order valence-electron chi connectivity index (χ4n) is 2.28. The Morgan fingerprint density at radius 1 is 1.25 bits per heavy atom. The smallest absolute Gasteiger partial charge is 0.328 e. The lowest BCUT2D eigenvalue weighted by atomic mass is 10.1. The Labute approximate surface area is 92.7 Å². The topological polar surface area (TPSA) is 75.1 Å². The van der Waals surface area contributed by atoms with Gasteiger partial charge < -0.3 is 5.11 Å². The largest absolute Gasteiger partial charge is 0.391 e. The van der Waals surface area contributed by atoms with E-state index in [0.717, 1.165) is 32.1 Å². The van der Waals surface area contributed by atoms with Gasteiger partial charge in [0.25, 0.3) is 5.56 Å². The van der Waals surface area contributed by atoms with Gasteiger partial charge in [-0.1, -0.05) is 19.3 Å². The quantitative estimate of drug-likeness (QED) is 0.678. The lowest BCUT2D eigenvalue weighted by Gasteiger charge is -2.22. The maximum absolute atomic E-state index is 11.6.